The Morgan fingerprint density at radius 3 is 2.75 bits per heavy atom. The number of benzene rings is 1. The predicted molar refractivity (Wildman–Crippen MR) is 56.3 cm³/mol. The van der Waals surface area contributed by atoms with Crippen molar-refractivity contribution in [1.29, 1.82) is 0 Å². The van der Waals surface area contributed by atoms with Crippen LogP contribution in [0.15, 0.2) is 18.2 Å². The van der Waals surface area contributed by atoms with E-state index in [2.05, 4.69) is 0 Å². The third-order valence-electron chi connectivity index (χ3n) is 2.08. The maximum absolute atomic E-state index is 11.3. The van der Waals surface area contributed by atoms with Gasteiger partial charge in [-0.15, -0.1) is 0 Å². The van der Waals surface area contributed by atoms with Crippen LogP contribution < -0.4 is 4.74 Å². The molecule has 1 atom stereocenters. The van der Waals surface area contributed by atoms with Gasteiger partial charge in [0.15, 0.2) is 11.5 Å². The minimum Gasteiger partial charge on any atom is -0.504 e. The summed E-state index contributed by atoms with van der Waals surface area (Å²) >= 11 is 0. The van der Waals surface area contributed by atoms with E-state index in [0.717, 1.165) is 0 Å². The lowest BCUT2D eigenvalue weighted by molar-refractivity contribution is -0.136. The normalized spacial score (nSPS) is 12.1. The molecule has 0 spiro atoms. The van der Waals surface area contributed by atoms with Crippen molar-refractivity contribution in [2.24, 2.45) is 0 Å². The number of esters is 1. The van der Waals surface area contributed by atoms with Crippen LogP contribution >= 0.6 is 0 Å². The molecule has 0 aliphatic rings. The highest BCUT2D eigenvalue weighted by molar-refractivity contribution is 5.74. The molecule has 1 unspecified atom stereocenters. The molecular formula is C11H14O5. The number of ether oxygens (including phenoxy) is 1. The van der Waals surface area contributed by atoms with Crippen LogP contribution in [0, 0.1) is 0 Å². The molecule has 1 aromatic rings. The summed E-state index contributed by atoms with van der Waals surface area (Å²) in [6.07, 6.45) is -0.459. The second-order valence-electron chi connectivity index (χ2n) is 3.36. The molecule has 0 aliphatic carbocycles. The number of hydrogen-bond donors (Lipinski definition) is 3. The SMILES string of the molecule is CCC(O)CC(=O)Oc1cccc(O)c1O. The van der Waals surface area contributed by atoms with E-state index in [1.54, 1.807) is 6.92 Å². The fourth-order valence-electron chi connectivity index (χ4n) is 1.09. The minimum atomic E-state index is -0.757. The molecule has 0 amide bonds. The first-order valence-corrected chi connectivity index (χ1v) is 4.94. The number of carbonyl (C=O) groups excluding carboxylic acids is 1. The van der Waals surface area contributed by atoms with Crippen molar-refractivity contribution in [2.45, 2.75) is 25.9 Å². The summed E-state index contributed by atoms with van der Waals surface area (Å²) in [5.41, 5.74) is 0. The number of rotatable bonds is 4. The summed E-state index contributed by atoms with van der Waals surface area (Å²) in [6, 6.07) is 4.06. The minimum absolute atomic E-state index is 0.117. The molecule has 0 radical (unpaired) electrons. The van der Waals surface area contributed by atoms with Crippen molar-refractivity contribution in [3.63, 3.8) is 0 Å². The molecule has 0 saturated carbocycles. The van der Waals surface area contributed by atoms with Gasteiger partial charge in [0.25, 0.3) is 0 Å². The molecule has 0 bridgehead atoms. The van der Waals surface area contributed by atoms with Gasteiger partial charge in [-0.1, -0.05) is 13.0 Å². The Hall–Kier alpha value is -1.75. The summed E-state index contributed by atoms with van der Waals surface area (Å²) < 4.78 is 4.79. The lowest BCUT2D eigenvalue weighted by Gasteiger charge is -2.09. The quantitative estimate of drug-likeness (QED) is 0.407. The maximum Gasteiger partial charge on any atom is 0.313 e. The number of aromatic hydroxyl groups is 2. The number of aliphatic hydroxyl groups excluding tert-OH is 1. The van der Waals surface area contributed by atoms with E-state index in [0.29, 0.717) is 6.42 Å². The van der Waals surface area contributed by atoms with Gasteiger partial charge in [-0.05, 0) is 18.6 Å². The number of para-hydroxylation sites is 1. The van der Waals surface area contributed by atoms with Crippen LogP contribution in [-0.4, -0.2) is 27.4 Å². The number of aliphatic hydroxyl groups is 1. The highest BCUT2D eigenvalue weighted by Gasteiger charge is 2.14. The van der Waals surface area contributed by atoms with E-state index in [9.17, 15) is 15.0 Å². The third kappa shape index (κ3) is 3.13. The highest BCUT2D eigenvalue weighted by Crippen LogP contribution is 2.34. The summed E-state index contributed by atoms with van der Waals surface area (Å²) in [4.78, 5) is 11.3. The highest BCUT2D eigenvalue weighted by atomic mass is 16.5. The van der Waals surface area contributed by atoms with Gasteiger partial charge in [0.05, 0.1) is 12.5 Å². The van der Waals surface area contributed by atoms with Gasteiger partial charge in [-0.25, -0.2) is 0 Å². The lowest BCUT2D eigenvalue weighted by atomic mass is 10.2. The molecule has 0 saturated heterocycles. The predicted octanol–water partition coefficient (Wildman–Crippen LogP) is 1.16. The molecule has 5 nitrogen and oxygen atoms in total. The van der Waals surface area contributed by atoms with Crippen LogP contribution in [-0.2, 0) is 4.79 Å². The molecular weight excluding hydrogens is 212 g/mol. The van der Waals surface area contributed by atoms with Crippen LogP contribution in [0.1, 0.15) is 19.8 Å². The van der Waals surface area contributed by atoms with E-state index in [-0.39, 0.29) is 17.9 Å². The molecule has 5 heteroatoms. The topological polar surface area (TPSA) is 87.0 Å². The Kier molecular flexibility index (Phi) is 4.13. The van der Waals surface area contributed by atoms with Crippen molar-refractivity contribution in [3.05, 3.63) is 18.2 Å². The van der Waals surface area contributed by atoms with E-state index >= 15 is 0 Å². The van der Waals surface area contributed by atoms with Crippen LogP contribution in [0.5, 0.6) is 17.2 Å². The van der Waals surface area contributed by atoms with E-state index in [1.165, 1.54) is 18.2 Å². The van der Waals surface area contributed by atoms with Crippen LogP contribution in [0.2, 0.25) is 0 Å². The van der Waals surface area contributed by atoms with Gasteiger partial charge in [-0.2, -0.15) is 0 Å². The first kappa shape index (κ1) is 12.3. The van der Waals surface area contributed by atoms with Crippen molar-refractivity contribution in [2.75, 3.05) is 0 Å². The fraction of sp³-hybridized carbons (Fsp3) is 0.364. The van der Waals surface area contributed by atoms with Gasteiger partial charge in [0.2, 0.25) is 5.75 Å². The second kappa shape index (κ2) is 5.37. The molecule has 1 aromatic carbocycles. The molecule has 0 aromatic heterocycles. The summed E-state index contributed by atoms with van der Waals surface area (Å²) in [5, 5.41) is 27.7. The Bertz CT molecular complexity index is 375. The van der Waals surface area contributed by atoms with Gasteiger partial charge >= 0.3 is 5.97 Å². The first-order valence-electron chi connectivity index (χ1n) is 4.94. The summed E-state index contributed by atoms with van der Waals surface area (Å²) in [7, 11) is 0. The number of phenols is 2. The fourth-order valence-corrected chi connectivity index (χ4v) is 1.09. The molecule has 0 aliphatic heterocycles. The maximum atomic E-state index is 11.3. The Labute approximate surface area is 92.9 Å². The molecule has 16 heavy (non-hydrogen) atoms. The number of hydrogen-bond acceptors (Lipinski definition) is 5. The van der Waals surface area contributed by atoms with Gasteiger partial charge in [-0.3, -0.25) is 4.79 Å². The van der Waals surface area contributed by atoms with Crippen molar-refractivity contribution >= 4 is 5.97 Å². The third-order valence-corrected chi connectivity index (χ3v) is 2.08. The van der Waals surface area contributed by atoms with E-state index in [4.69, 9.17) is 9.84 Å². The Morgan fingerprint density at radius 1 is 1.44 bits per heavy atom. The zero-order valence-corrected chi connectivity index (χ0v) is 8.88. The average Bonchev–Trinajstić information content (AvgIpc) is 2.24. The smallest absolute Gasteiger partial charge is 0.313 e. The van der Waals surface area contributed by atoms with Gasteiger partial charge in [0.1, 0.15) is 0 Å². The van der Waals surface area contributed by atoms with Crippen molar-refractivity contribution in [1.82, 2.24) is 0 Å². The second-order valence-corrected chi connectivity index (χ2v) is 3.36. The zero-order chi connectivity index (χ0) is 12.1. The molecule has 0 heterocycles. The van der Waals surface area contributed by atoms with Crippen molar-refractivity contribution in [3.8, 4) is 17.2 Å². The first-order chi connectivity index (χ1) is 7.54. The molecule has 1 rings (SSSR count). The van der Waals surface area contributed by atoms with Crippen LogP contribution in [0.4, 0.5) is 0 Å². The Balaban J connectivity index is 2.66. The number of phenolic OH excluding ortho intramolecular Hbond substituents is 2. The summed E-state index contributed by atoms with van der Waals surface area (Å²) in [6.45, 7) is 1.74. The monoisotopic (exact) mass is 226 g/mol. The van der Waals surface area contributed by atoms with E-state index in [1.807, 2.05) is 0 Å². The van der Waals surface area contributed by atoms with Gasteiger partial charge in [0, 0.05) is 0 Å². The lowest BCUT2D eigenvalue weighted by Crippen LogP contribution is -2.17. The molecule has 3 N–H and O–H groups in total. The molecule has 0 fully saturated rings. The molecule has 88 valence electrons. The van der Waals surface area contributed by atoms with Gasteiger partial charge < -0.3 is 20.1 Å². The summed E-state index contributed by atoms with van der Waals surface area (Å²) in [5.74, 6) is -1.62. The van der Waals surface area contributed by atoms with E-state index < -0.39 is 17.8 Å². The number of carbonyl (C=O) groups is 1. The van der Waals surface area contributed by atoms with Crippen LogP contribution in [0.3, 0.4) is 0 Å². The standard InChI is InChI=1S/C11H14O5/c1-2-7(12)6-10(14)16-9-5-3-4-8(13)11(9)15/h3-5,7,12-13,15H,2,6H2,1H3. The largest absolute Gasteiger partial charge is 0.504 e. The van der Waals surface area contributed by atoms with Crippen molar-refractivity contribution < 1.29 is 24.9 Å². The Morgan fingerprint density at radius 2 is 2.12 bits per heavy atom. The zero-order valence-electron chi connectivity index (χ0n) is 8.88. The van der Waals surface area contributed by atoms with Crippen LogP contribution in [0.25, 0.3) is 0 Å². The average molecular weight is 226 g/mol.